The van der Waals surface area contributed by atoms with Crippen LogP contribution in [0.2, 0.25) is 0 Å². The van der Waals surface area contributed by atoms with E-state index in [1.165, 1.54) is 30.7 Å². The molecule has 0 fully saturated rings. The van der Waals surface area contributed by atoms with E-state index in [1.807, 2.05) is 0 Å². The normalized spacial score (nSPS) is 10.7. The van der Waals surface area contributed by atoms with Gasteiger partial charge in [0.1, 0.15) is 0 Å². The Morgan fingerprint density at radius 1 is 0.667 bits per heavy atom. The van der Waals surface area contributed by atoms with E-state index in [4.69, 9.17) is 0 Å². The molecular formula is C6H12Si3. The molecule has 0 atom stereocenters. The van der Waals surface area contributed by atoms with Crippen LogP contribution >= 0.6 is 0 Å². The largest absolute Gasteiger partial charge is 0.0711 e. The molecule has 9 heavy (non-hydrogen) atoms. The highest BCUT2D eigenvalue weighted by Gasteiger charge is 1.87. The van der Waals surface area contributed by atoms with Gasteiger partial charge in [0.25, 0.3) is 0 Å². The van der Waals surface area contributed by atoms with Crippen molar-refractivity contribution < 1.29 is 0 Å². The molecule has 0 N–H and O–H groups in total. The van der Waals surface area contributed by atoms with Crippen molar-refractivity contribution in [3.05, 3.63) is 18.2 Å². The van der Waals surface area contributed by atoms with Crippen molar-refractivity contribution in [3.63, 3.8) is 0 Å². The van der Waals surface area contributed by atoms with Crippen molar-refractivity contribution >= 4 is 46.3 Å². The zero-order valence-electron chi connectivity index (χ0n) is 6.23. The molecule has 0 aliphatic carbocycles. The van der Waals surface area contributed by atoms with E-state index >= 15 is 0 Å². The van der Waals surface area contributed by atoms with Gasteiger partial charge in [-0.25, -0.2) is 0 Å². The summed E-state index contributed by atoms with van der Waals surface area (Å²) in [5.74, 6) is 0. The van der Waals surface area contributed by atoms with Gasteiger partial charge in [0.15, 0.2) is 0 Å². The van der Waals surface area contributed by atoms with Gasteiger partial charge in [0.2, 0.25) is 0 Å². The Kier molecular flexibility index (Phi) is 2.05. The van der Waals surface area contributed by atoms with E-state index in [9.17, 15) is 0 Å². The van der Waals surface area contributed by atoms with Crippen molar-refractivity contribution in [1.82, 2.24) is 0 Å². The maximum Gasteiger partial charge on any atom is 0.0384 e. The predicted molar refractivity (Wildman–Crippen MR) is 55.2 cm³/mol. The Morgan fingerprint density at radius 3 is 1.11 bits per heavy atom. The molecule has 0 aliphatic rings. The Bertz CT molecular complexity index is 169. The summed E-state index contributed by atoms with van der Waals surface area (Å²) in [6.45, 7) is 0. The molecular weight excluding hydrogens is 156 g/mol. The lowest BCUT2D eigenvalue weighted by Gasteiger charge is -1.97. The monoisotopic (exact) mass is 168 g/mol. The van der Waals surface area contributed by atoms with Crippen LogP contribution in [0.5, 0.6) is 0 Å². The lowest BCUT2D eigenvalue weighted by Crippen LogP contribution is -2.21. The van der Waals surface area contributed by atoms with Crippen molar-refractivity contribution in [3.8, 4) is 0 Å². The minimum atomic E-state index is 1.22. The van der Waals surface area contributed by atoms with E-state index in [1.54, 1.807) is 15.6 Å². The SMILES string of the molecule is [SiH3]c1cc([SiH3])cc([SiH3])c1. The summed E-state index contributed by atoms with van der Waals surface area (Å²) in [5, 5.41) is 4.69. The molecule has 48 valence electrons. The van der Waals surface area contributed by atoms with E-state index in [-0.39, 0.29) is 0 Å². The van der Waals surface area contributed by atoms with Gasteiger partial charge in [0.05, 0.1) is 0 Å². The molecule has 1 rings (SSSR count). The molecule has 0 saturated carbocycles. The van der Waals surface area contributed by atoms with E-state index in [2.05, 4.69) is 18.2 Å². The Labute approximate surface area is 64.9 Å². The molecule has 0 bridgehead atoms. The number of hydrogen-bond donors (Lipinski definition) is 0. The van der Waals surface area contributed by atoms with Crippen LogP contribution in [0.1, 0.15) is 0 Å². The van der Waals surface area contributed by atoms with Gasteiger partial charge in [-0.3, -0.25) is 0 Å². The maximum absolute atomic E-state index is 2.33. The topological polar surface area (TPSA) is 0 Å². The van der Waals surface area contributed by atoms with Crippen molar-refractivity contribution in [2.45, 2.75) is 0 Å². The predicted octanol–water partition coefficient (Wildman–Crippen LogP) is -4.34. The van der Waals surface area contributed by atoms with E-state index in [0.29, 0.717) is 0 Å². The second-order valence-corrected chi connectivity index (χ2v) is 6.13. The molecule has 0 saturated heterocycles. The van der Waals surface area contributed by atoms with E-state index < -0.39 is 0 Å². The van der Waals surface area contributed by atoms with E-state index in [0.717, 1.165) is 0 Å². The van der Waals surface area contributed by atoms with Gasteiger partial charge >= 0.3 is 0 Å². The highest BCUT2D eigenvalue weighted by molar-refractivity contribution is 6.42. The second-order valence-electron chi connectivity index (χ2n) is 2.67. The zero-order chi connectivity index (χ0) is 6.85. The van der Waals surface area contributed by atoms with Gasteiger partial charge < -0.3 is 0 Å². The fraction of sp³-hybridized carbons (Fsp3) is 0. The summed E-state index contributed by atoms with van der Waals surface area (Å²) >= 11 is 0. The molecule has 0 heterocycles. The first-order valence-electron chi connectivity index (χ1n) is 3.23. The average Bonchev–Trinajstić information content (AvgIpc) is 1.59. The molecule has 0 aliphatic heterocycles. The molecule has 3 heteroatoms. The van der Waals surface area contributed by atoms with Crippen molar-refractivity contribution in [1.29, 1.82) is 0 Å². The zero-order valence-corrected chi connectivity index (χ0v) is 12.2. The van der Waals surface area contributed by atoms with Gasteiger partial charge in [-0.15, -0.1) is 0 Å². The summed E-state index contributed by atoms with van der Waals surface area (Å²) in [7, 11) is 3.65. The third-order valence-corrected chi connectivity index (χ3v) is 3.10. The minimum Gasteiger partial charge on any atom is -0.0711 e. The first kappa shape index (κ1) is 6.98. The molecule has 0 radical (unpaired) electrons. The number of benzene rings is 1. The minimum absolute atomic E-state index is 1.22. The lowest BCUT2D eigenvalue weighted by molar-refractivity contribution is 1.92. The summed E-state index contributed by atoms with van der Waals surface area (Å²) in [5.41, 5.74) is 0. The fourth-order valence-corrected chi connectivity index (χ4v) is 5.67. The molecule has 0 unspecified atom stereocenters. The van der Waals surface area contributed by atoms with Crippen molar-refractivity contribution in [2.24, 2.45) is 0 Å². The van der Waals surface area contributed by atoms with Crippen LogP contribution in [0.3, 0.4) is 0 Å². The number of rotatable bonds is 0. The standard InChI is InChI=1S/C6H12Si3/c7-4-1-5(8)3-6(9)2-4/h1-3H,7-9H3. The highest BCUT2D eigenvalue weighted by Crippen LogP contribution is 1.69. The van der Waals surface area contributed by atoms with Crippen LogP contribution < -0.4 is 15.6 Å². The van der Waals surface area contributed by atoms with Gasteiger partial charge in [-0.2, -0.15) is 0 Å². The van der Waals surface area contributed by atoms with Gasteiger partial charge in [0, 0.05) is 30.7 Å². The molecule has 0 aromatic heterocycles. The Morgan fingerprint density at radius 2 is 0.889 bits per heavy atom. The van der Waals surface area contributed by atoms with Crippen LogP contribution in [0.15, 0.2) is 18.2 Å². The smallest absolute Gasteiger partial charge is 0.0384 e. The van der Waals surface area contributed by atoms with Crippen LogP contribution in [-0.4, -0.2) is 30.7 Å². The van der Waals surface area contributed by atoms with Crippen LogP contribution in [0.4, 0.5) is 0 Å². The summed E-state index contributed by atoms with van der Waals surface area (Å²) in [4.78, 5) is 0. The molecule has 1 aromatic rings. The summed E-state index contributed by atoms with van der Waals surface area (Å²) < 4.78 is 0. The second kappa shape index (κ2) is 2.64. The third kappa shape index (κ3) is 1.93. The Hall–Kier alpha value is -0.129. The quantitative estimate of drug-likeness (QED) is 0.344. The fourth-order valence-electron chi connectivity index (χ4n) is 1.20. The molecule has 0 spiro atoms. The van der Waals surface area contributed by atoms with Crippen molar-refractivity contribution in [2.75, 3.05) is 0 Å². The Balaban J connectivity index is 3.17. The lowest BCUT2D eigenvalue weighted by atomic mass is 10.4. The molecule has 0 nitrogen and oxygen atoms in total. The van der Waals surface area contributed by atoms with Gasteiger partial charge in [-0.1, -0.05) is 33.8 Å². The highest BCUT2D eigenvalue weighted by atomic mass is 28.2. The molecule has 1 aromatic carbocycles. The van der Waals surface area contributed by atoms with Gasteiger partial charge in [-0.05, 0) is 0 Å². The first-order valence-corrected chi connectivity index (χ1v) is 6.23. The van der Waals surface area contributed by atoms with Crippen LogP contribution in [-0.2, 0) is 0 Å². The summed E-state index contributed by atoms with van der Waals surface area (Å²) in [6.07, 6.45) is 0. The summed E-state index contributed by atoms with van der Waals surface area (Å²) in [6, 6.07) is 7.00. The number of hydrogen-bond acceptors (Lipinski definition) is 0. The maximum atomic E-state index is 2.33. The van der Waals surface area contributed by atoms with Crippen LogP contribution in [0, 0.1) is 0 Å². The van der Waals surface area contributed by atoms with Crippen LogP contribution in [0.25, 0.3) is 0 Å². The first-order chi connectivity index (χ1) is 4.18. The molecule has 0 amide bonds. The third-order valence-electron chi connectivity index (χ3n) is 1.37. The average molecular weight is 168 g/mol.